The lowest BCUT2D eigenvalue weighted by molar-refractivity contribution is -0.121. The van der Waals surface area contributed by atoms with Gasteiger partial charge < -0.3 is 14.8 Å². The molecule has 1 heterocycles. The molecule has 0 aromatic heterocycles. The van der Waals surface area contributed by atoms with Crippen molar-refractivity contribution in [1.82, 2.24) is 5.32 Å². The monoisotopic (exact) mass is 311 g/mol. The van der Waals surface area contributed by atoms with Crippen LogP contribution in [0.5, 0.6) is 11.5 Å². The maximum atomic E-state index is 12.3. The first-order chi connectivity index (χ1) is 11.2. The van der Waals surface area contributed by atoms with Crippen molar-refractivity contribution in [2.75, 3.05) is 13.7 Å². The summed E-state index contributed by atoms with van der Waals surface area (Å²) in [6, 6.07) is 13.7. The van der Waals surface area contributed by atoms with Gasteiger partial charge in [-0.05, 0) is 30.7 Å². The van der Waals surface area contributed by atoms with E-state index in [0.29, 0.717) is 13.0 Å². The molecule has 0 spiro atoms. The second kappa shape index (κ2) is 6.73. The lowest BCUT2D eigenvalue weighted by atomic mass is 9.98. The molecule has 1 amide bonds. The van der Waals surface area contributed by atoms with E-state index in [1.165, 1.54) is 5.56 Å². The van der Waals surface area contributed by atoms with Gasteiger partial charge in [0.25, 0.3) is 0 Å². The second-order valence-electron chi connectivity index (χ2n) is 5.82. The van der Waals surface area contributed by atoms with Crippen LogP contribution in [0.1, 0.15) is 29.2 Å². The Morgan fingerprint density at radius 1 is 1.26 bits per heavy atom. The molecule has 1 atom stereocenters. The van der Waals surface area contributed by atoms with E-state index in [9.17, 15) is 4.79 Å². The molecular formula is C19H21NO3. The largest absolute Gasteiger partial charge is 0.497 e. The van der Waals surface area contributed by atoms with Crippen LogP contribution in [-0.2, 0) is 11.2 Å². The second-order valence-corrected chi connectivity index (χ2v) is 5.82. The zero-order chi connectivity index (χ0) is 16.2. The molecule has 0 bridgehead atoms. The summed E-state index contributed by atoms with van der Waals surface area (Å²) in [5, 5.41) is 3.13. The highest BCUT2D eigenvalue weighted by Crippen LogP contribution is 2.32. The minimum absolute atomic E-state index is 0.0180. The van der Waals surface area contributed by atoms with E-state index in [1.54, 1.807) is 7.11 Å². The lowest BCUT2D eigenvalue weighted by Crippen LogP contribution is -2.33. The zero-order valence-corrected chi connectivity index (χ0v) is 13.5. The molecule has 0 saturated heterocycles. The Balaban J connectivity index is 1.67. The fourth-order valence-electron chi connectivity index (χ4n) is 2.84. The van der Waals surface area contributed by atoms with Crippen LogP contribution in [0.4, 0.5) is 0 Å². The number of nitrogens with one attached hydrogen (secondary N) is 1. The average Bonchev–Trinajstić information content (AvgIpc) is 2.56. The van der Waals surface area contributed by atoms with Crippen LogP contribution in [0.15, 0.2) is 42.5 Å². The number of carbonyl (C=O) groups excluding carboxylic acids is 1. The normalized spacial score (nSPS) is 16.2. The van der Waals surface area contributed by atoms with Crippen LogP contribution >= 0.6 is 0 Å². The summed E-state index contributed by atoms with van der Waals surface area (Å²) >= 11 is 0. The number of carbonyl (C=O) groups is 1. The van der Waals surface area contributed by atoms with E-state index < -0.39 is 0 Å². The van der Waals surface area contributed by atoms with E-state index >= 15 is 0 Å². The molecule has 2 aromatic rings. The number of benzene rings is 2. The quantitative estimate of drug-likeness (QED) is 0.943. The molecule has 0 saturated carbocycles. The van der Waals surface area contributed by atoms with Gasteiger partial charge in [0.1, 0.15) is 11.5 Å². The first kappa shape index (κ1) is 15.4. The van der Waals surface area contributed by atoms with Gasteiger partial charge in [0, 0.05) is 12.0 Å². The summed E-state index contributed by atoms with van der Waals surface area (Å²) in [6.45, 7) is 2.68. The Hall–Kier alpha value is -2.49. The van der Waals surface area contributed by atoms with Crippen molar-refractivity contribution < 1.29 is 14.3 Å². The van der Waals surface area contributed by atoms with Crippen LogP contribution in [0.2, 0.25) is 0 Å². The Labute approximate surface area is 136 Å². The molecule has 3 rings (SSSR count). The molecule has 1 aliphatic rings. The first-order valence-electron chi connectivity index (χ1n) is 7.81. The third-order valence-electron chi connectivity index (χ3n) is 4.06. The number of amides is 1. The van der Waals surface area contributed by atoms with Crippen molar-refractivity contribution >= 4 is 5.91 Å². The molecule has 1 aliphatic heterocycles. The summed E-state index contributed by atoms with van der Waals surface area (Å²) in [7, 11) is 1.63. The third kappa shape index (κ3) is 3.65. The van der Waals surface area contributed by atoms with Gasteiger partial charge in [-0.1, -0.05) is 29.8 Å². The molecule has 23 heavy (non-hydrogen) atoms. The van der Waals surface area contributed by atoms with Crippen LogP contribution in [-0.4, -0.2) is 19.6 Å². The minimum atomic E-state index is 0.0180. The molecular weight excluding hydrogens is 290 g/mol. The Morgan fingerprint density at radius 3 is 2.78 bits per heavy atom. The number of fused-ring (bicyclic) bond motifs is 1. The summed E-state index contributed by atoms with van der Waals surface area (Å²) in [6.07, 6.45) is 1.16. The fraction of sp³-hybridized carbons (Fsp3) is 0.316. The van der Waals surface area contributed by atoms with Crippen LogP contribution in [0.25, 0.3) is 0 Å². The number of aryl methyl sites for hydroxylation is 1. The van der Waals surface area contributed by atoms with Gasteiger partial charge in [-0.3, -0.25) is 4.79 Å². The Kier molecular flexibility index (Phi) is 4.51. The van der Waals surface area contributed by atoms with Crippen molar-refractivity contribution in [1.29, 1.82) is 0 Å². The SMILES string of the molecule is COc1ccc(CC(=O)NC2CCOc3ccc(C)cc32)cc1. The Morgan fingerprint density at radius 2 is 2.04 bits per heavy atom. The molecule has 4 nitrogen and oxygen atoms in total. The van der Waals surface area contributed by atoms with Crippen molar-refractivity contribution in [2.24, 2.45) is 0 Å². The summed E-state index contributed by atoms with van der Waals surface area (Å²) in [4.78, 5) is 12.3. The van der Waals surface area contributed by atoms with E-state index in [2.05, 4.69) is 11.4 Å². The number of hydrogen-bond acceptors (Lipinski definition) is 3. The molecule has 0 aliphatic carbocycles. The zero-order valence-electron chi connectivity index (χ0n) is 13.5. The lowest BCUT2D eigenvalue weighted by Gasteiger charge is -2.27. The number of hydrogen-bond donors (Lipinski definition) is 1. The topological polar surface area (TPSA) is 47.6 Å². The summed E-state index contributed by atoms with van der Waals surface area (Å²) < 4.78 is 10.8. The predicted molar refractivity (Wildman–Crippen MR) is 88.9 cm³/mol. The van der Waals surface area contributed by atoms with Gasteiger partial charge in [0.2, 0.25) is 5.91 Å². The van der Waals surface area contributed by atoms with E-state index in [0.717, 1.165) is 29.0 Å². The smallest absolute Gasteiger partial charge is 0.224 e. The van der Waals surface area contributed by atoms with Gasteiger partial charge in [-0.15, -0.1) is 0 Å². The van der Waals surface area contributed by atoms with Crippen molar-refractivity contribution in [3.63, 3.8) is 0 Å². The van der Waals surface area contributed by atoms with E-state index in [-0.39, 0.29) is 11.9 Å². The van der Waals surface area contributed by atoms with Gasteiger partial charge in [0.15, 0.2) is 0 Å². The fourth-order valence-corrected chi connectivity index (χ4v) is 2.84. The van der Waals surface area contributed by atoms with Gasteiger partial charge in [0.05, 0.1) is 26.2 Å². The molecule has 2 aromatic carbocycles. The van der Waals surface area contributed by atoms with Crippen LogP contribution < -0.4 is 14.8 Å². The van der Waals surface area contributed by atoms with Crippen molar-refractivity contribution in [2.45, 2.75) is 25.8 Å². The van der Waals surface area contributed by atoms with E-state index in [1.807, 2.05) is 43.3 Å². The van der Waals surface area contributed by atoms with Crippen LogP contribution in [0, 0.1) is 6.92 Å². The van der Waals surface area contributed by atoms with Gasteiger partial charge >= 0.3 is 0 Å². The predicted octanol–water partition coefficient (Wildman–Crippen LogP) is 3.19. The molecule has 4 heteroatoms. The number of ether oxygens (including phenoxy) is 2. The summed E-state index contributed by atoms with van der Waals surface area (Å²) in [5.41, 5.74) is 3.21. The molecule has 1 N–H and O–H groups in total. The maximum Gasteiger partial charge on any atom is 0.224 e. The Bertz CT molecular complexity index is 694. The summed E-state index contributed by atoms with van der Waals surface area (Å²) in [5.74, 6) is 1.69. The van der Waals surface area contributed by atoms with Gasteiger partial charge in [-0.25, -0.2) is 0 Å². The average molecular weight is 311 g/mol. The highest BCUT2D eigenvalue weighted by Gasteiger charge is 2.23. The highest BCUT2D eigenvalue weighted by molar-refractivity contribution is 5.79. The maximum absolute atomic E-state index is 12.3. The third-order valence-corrected chi connectivity index (χ3v) is 4.06. The molecule has 120 valence electrons. The van der Waals surface area contributed by atoms with Gasteiger partial charge in [-0.2, -0.15) is 0 Å². The van der Waals surface area contributed by atoms with E-state index in [4.69, 9.17) is 9.47 Å². The van der Waals surface area contributed by atoms with Crippen molar-refractivity contribution in [3.8, 4) is 11.5 Å². The molecule has 0 fully saturated rings. The van der Waals surface area contributed by atoms with Crippen molar-refractivity contribution in [3.05, 3.63) is 59.2 Å². The minimum Gasteiger partial charge on any atom is -0.497 e. The molecule has 0 radical (unpaired) electrons. The molecule has 1 unspecified atom stereocenters. The standard InChI is InChI=1S/C19H21NO3/c1-13-3-8-18-16(11-13)17(9-10-23-18)20-19(21)12-14-4-6-15(22-2)7-5-14/h3-8,11,17H,9-10,12H2,1-2H3,(H,20,21). The van der Waals surface area contributed by atoms with Crippen LogP contribution in [0.3, 0.4) is 0 Å². The highest BCUT2D eigenvalue weighted by atomic mass is 16.5. The number of methoxy groups -OCH3 is 1. The number of rotatable bonds is 4. The first-order valence-corrected chi connectivity index (χ1v) is 7.81.